The highest BCUT2D eigenvalue weighted by Crippen LogP contribution is 2.05. The predicted molar refractivity (Wildman–Crippen MR) is 66.2 cm³/mol. The van der Waals surface area contributed by atoms with Crippen molar-refractivity contribution >= 4 is 0 Å². The van der Waals surface area contributed by atoms with E-state index in [0.29, 0.717) is 0 Å². The molecule has 0 aliphatic rings. The van der Waals surface area contributed by atoms with Crippen LogP contribution in [0.15, 0.2) is 42.7 Å². The van der Waals surface area contributed by atoms with Crippen LogP contribution < -0.4 is 4.74 Å². The van der Waals surface area contributed by atoms with Gasteiger partial charge in [0, 0.05) is 0 Å². The highest BCUT2D eigenvalue weighted by atomic mass is 16.5. The summed E-state index contributed by atoms with van der Waals surface area (Å²) in [4.78, 5) is 0. The molecule has 0 aromatic heterocycles. The van der Waals surface area contributed by atoms with Gasteiger partial charge >= 0.3 is 0 Å². The van der Waals surface area contributed by atoms with Gasteiger partial charge in [-0.05, 0) is 19.1 Å². The molecule has 15 heavy (non-hydrogen) atoms. The molecule has 0 aliphatic carbocycles. The van der Waals surface area contributed by atoms with E-state index in [9.17, 15) is 0 Å². The van der Waals surface area contributed by atoms with Gasteiger partial charge in [-0.2, -0.15) is 0 Å². The van der Waals surface area contributed by atoms with Gasteiger partial charge in [-0.3, -0.25) is 0 Å². The van der Waals surface area contributed by atoms with E-state index in [4.69, 9.17) is 4.74 Å². The molecule has 0 spiro atoms. The van der Waals surface area contributed by atoms with E-state index < -0.39 is 0 Å². The van der Waals surface area contributed by atoms with Crippen LogP contribution in [0.3, 0.4) is 0 Å². The summed E-state index contributed by atoms with van der Waals surface area (Å²) >= 11 is 0. The maximum absolute atomic E-state index is 4.91. The van der Waals surface area contributed by atoms with Crippen molar-refractivity contribution in [3.8, 4) is 5.75 Å². The molecule has 0 radical (unpaired) electrons. The summed E-state index contributed by atoms with van der Waals surface area (Å²) in [5, 5.41) is 0. The number of hydrogen-bond donors (Lipinski definition) is 0. The van der Waals surface area contributed by atoms with Crippen molar-refractivity contribution < 1.29 is 9.47 Å². The molecule has 0 bridgehead atoms. The van der Waals surface area contributed by atoms with Gasteiger partial charge < -0.3 is 9.47 Å². The van der Waals surface area contributed by atoms with Crippen LogP contribution in [0.5, 0.6) is 5.75 Å². The van der Waals surface area contributed by atoms with Crippen molar-refractivity contribution in [3.05, 3.63) is 42.7 Å². The topological polar surface area (TPSA) is 18.5 Å². The Bertz CT molecular complexity index is 217. The molecule has 0 heterocycles. The molecular formula is C13H22O2. The van der Waals surface area contributed by atoms with Crippen LogP contribution in [0.1, 0.15) is 20.8 Å². The molecule has 0 atom stereocenters. The molecule has 2 heteroatoms. The van der Waals surface area contributed by atoms with Crippen LogP contribution in [-0.2, 0) is 4.74 Å². The van der Waals surface area contributed by atoms with Gasteiger partial charge in [0.15, 0.2) is 0 Å². The molecule has 1 rings (SSSR count). The molecule has 0 saturated carbocycles. The van der Waals surface area contributed by atoms with Crippen molar-refractivity contribution in [2.45, 2.75) is 20.8 Å². The van der Waals surface area contributed by atoms with E-state index >= 15 is 0 Å². The Morgan fingerprint density at radius 1 is 1.00 bits per heavy atom. The van der Waals surface area contributed by atoms with Crippen LogP contribution in [0, 0.1) is 0 Å². The predicted octanol–water partition coefficient (Wildman–Crippen LogP) is 3.89. The van der Waals surface area contributed by atoms with Crippen LogP contribution in [0.25, 0.3) is 0 Å². The molecule has 1 aromatic carbocycles. The Balaban J connectivity index is 0. The Labute approximate surface area is 93.5 Å². The van der Waals surface area contributed by atoms with Gasteiger partial charge in [-0.1, -0.05) is 38.1 Å². The van der Waals surface area contributed by atoms with E-state index in [1.807, 2.05) is 57.2 Å². The number of allylic oxidation sites excluding steroid dienone is 1. The van der Waals surface area contributed by atoms with Crippen LogP contribution in [0.4, 0.5) is 0 Å². The van der Waals surface area contributed by atoms with E-state index in [1.165, 1.54) is 0 Å². The van der Waals surface area contributed by atoms with E-state index in [1.54, 1.807) is 20.5 Å². The molecule has 0 aliphatic heterocycles. The molecule has 0 fully saturated rings. The third-order valence-corrected chi connectivity index (χ3v) is 1.25. The zero-order valence-electron chi connectivity index (χ0n) is 10.4. The number of ether oxygens (including phenoxy) is 2. The Hall–Kier alpha value is -1.44. The van der Waals surface area contributed by atoms with Gasteiger partial charge in [0.2, 0.25) is 0 Å². The molecular weight excluding hydrogens is 188 g/mol. The molecule has 0 amide bonds. The Morgan fingerprint density at radius 3 is 1.73 bits per heavy atom. The van der Waals surface area contributed by atoms with Crippen molar-refractivity contribution in [1.82, 2.24) is 0 Å². The lowest BCUT2D eigenvalue weighted by atomic mass is 10.3. The third kappa shape index (κ3) is 12.6. The molecule has 0 unspecified atom stereocenters. The smallest absolute Gasteiger partial charge is 0.118 e. The van der Waals surface area contributed by atoms with E-state index in [0.717, 1.165) is 5.75 Å². The first-order valence-electron chi connectivity index (χ1n) is 5.08. The second-order valence-electron chi connectivity index (χ2n) is 2.22. The first kappa shape index (κ1) is 16.0. The second-order valence-corrected chi connectivity index (χ2v) is 2.22. The van der Waals surface area contributed by atoms with Crippen molar-refractivity contribution in [2.75, 3.05) is 14.2 Å². The molecule has 2 nitrogen and oxygen atoms in total. The van der Waals surface area contributed by atoms with Gasteiger partial charge in [0.1, 0.15) is 5.75 Å². The zero-order chi connectivity index (χ0) is 11.9. The quantitative estimate of drug-likeness (QED) is 0.689. The summed E-state index contributed by atoms with van der Waals surface area (Å²) in [6.07, 6.45) is 3.46. The molecule has 86 valence electrons. The minimum absolute atomic E-state index is 0.910. The first-order valence-corrected chi connectivity index (χ1v) is 5.08. The maximum Gasteiger partial charge on any atom is 0.118 e. The normalized spacial score (nSPS) is 8.07. The van der Waals surface area contributed by atoms with Gasteiger partial charge in [-0.15, -0.1) is 0 Å². The first-order chi connectivity index (χ1) is 7.35. The fraction of sp³-hybridized carbons (Fsp3) is 0.385. The molecule has 0 saturated heterocycles. The van der Waals surface area contributed by atoms with Crippen LogP contribution in [0.2, 0.25) is 0 Å². The Kier molecular flexibility index (Phi) is 16.1. The van der Waals surface area contributed by atoms with Crippen molar-refractivity contribution in [3.63, 3.8) is 0 Å². The fourth-order valence-electron chi connectivity index (χ4n) is 0.693. The van der Waals surface area contributed by atoms with Crippen LogP contribution >= 0.6 is 0 Å². The minimum Gasteiger partial charge on any atom is -0.505 e. The molecule has 0 N–H and O–H groups in total. The highest BCUT2D eigenvalue weighted by Gasteiger charge is 1.80. The van der Waals surface area contributed by atoms with Gasteiger partial charge in [0.05, 0.1) is 20.5 Å². The third-order valence-electron chi connectivity index (χ3n) is 1.25. The lowest BCUT2D eigenvalue weighted by Crippen LogP contribution is -1.78. The number of rotatable bonds is 2. The fourth-order valence-corrected chi connectivity index (χ4v) is 0.693. The van der Waals surface area contributed by atoms with Crippen molar-refractivity contribution in [2.24, 2.45) is 0 Å². The largest absolute Gasteiger partial charge is 0.505 e. The van der Waals surface area contributed by atoms with Gasteiger partial charge in [-0.25, -0.2) is 0 Å². The summed E-state index contributed by atoms with van der Waals surface area (Å²) in [6.45, 7) is 5.91. The van der Waals surface area contributed by atoms with Crippen LogP contribution in [-0.4, -0.2) is 14.2 Å². The van der Waals surface area contributed by atoms with Gasteiger partial charge in [0.25, 0.3) is 0 Å². The van der Waals surface area contributed by atoms with Crippen molar-refractivity contribution in [1.29, 1.82) is 0 Å². The van der Waals surface area contributed by atoms with E-state index in [-0.39, 0.29) is 0 Å². The summed E-state index contributed by atoms with van der Waals surface area (Å²) in [7, 11) is 3.29. The average Bonchev–Trinajstić information content (AvgIpc) is 2.34. The monoisotopic (exact) mass is 210 g/mol. The van der Waals surface area contributed by atoms with E-state index in [2.05, 4.69) is 4.74 Å². The maximum atomic E-state index is 4.91. The summed E-state index contributed by atoms with van der Waals surface area (Å²) < 4.78 is 9.42. The zero-order valence-corrected chi connectivity index (χ0v) is 10.4. The number of hydrogen-bond acceptors (Lipinski definition) is 2. The molecule has 1 aromatic rings. The SMILES string of the molecule is C/C=C/OC.CC.COc1ccccc1. The number of para-hydroxylation sites is 1. The minimum atomic E-state index is 0.910. The Morgan fingerprint density at radius 2 is 1.53 bits per heavy atom. The number of benzene rings is 1. The highest BCUT2D eigenvalue weighted by molar-refractivity contribution is 5.20. The standard InChI is InChI=1S/C7H8O.C4H8O.C2H6/c1-8-7-5-3-2-4-6-7;1-3-4-5-2;1-2/h2-6H,1H3;3-4H,1-2H3;1-2H3/b;4-3+;. The second kappa shape index (κ2) is 15.1. The summed E-state index contributed by atoms with van der Waals surface area (Å²) in [5.41, 5.74) is 0. The summed E-state index contributed by atoms with van der Waals surface area (Å²) in [6, 6.07) is 9.68. The average molecular weight is 210 g/mol. The lowest BCUT2D eigenvalue weighted by Gasteiger charge is -1.93. The lowest BCUT2D eigenvalue weighted by molar-refractivity contribution is 0.337. The number of methoxy groups -OCH3 is 2. The summed E-state index contributed by atoms with van der Waals surface area (Å²) in [5.74, 6) is 0.910.